The monoisotopic (exact) mass is 726 g/mol. The van der Waals surface area contributed by atoms with Crippen LogP contribution in [-0.4, -0.2) is 67.3 Å². The van der Waals surface area contributed by atoms with Gasteiger partial charge in [-0.3, -0.25) is 9.59 Å². The normalized spacial score (nSPS) is 14.7. The molecule has 0 saturated heterocycles. The fraction of sp³-hybridized carbons (Fsp3) is 0.590. The van der Waals surface area contributed by atoms with Gasteiger partial charge in [0, 0.05) is 44.3 Å². The smallest absolute Gasteiger partial charge is 0.408 e. The molecular formula is C39H58N4O7S. The topological polar surface area (TPSA) is 157 Å². The second kappa shape index (κ2) is 17.5. The molecule has 51 heavy (non-hydrogen) atoms. The highest BCUT2D eigenvalue weighted by Crippen LogP contribution is 2.44. The minimum atomic E-state index is -4.09. The highest BCUT2D eigenvalue weighted by atomic mass is 32.2. The quantitative estimate of drug-likeness (QED) is 0.104. The molecule has 0 radical (unpaired) electrons. The summed E-state index contributed by atoms with van der Waals surface area (Å²) in [6.45, 7) is 17.5. The zero-order chi connectivity index (χ0) is 38.1. The van der Waals surface area contributed by atoms with Crippen LogP contribution in [0.3, 0.4) is 0 Å². The lowest BCUT2D eigenvalue weighted by molar-refractivity contribution is -0.131. The zero-order valence-electron chi connectivity index (χ0n) is 32.0. The van der Waals surface area contributed by atoms with Gasteiger partial charge in [0.2, 0.25) is 5.91 Å². The van der Waals surface area contributed by atoms with Gasteiger partial charge in [0.1, 0.15) is 22.8 Å². The number of nitrogens with zero attached hydrogens (tertiary/aromatic N) is 2. The van der Waals surface area contributed by atoms with Crippen LogP contribution in [0.15, 0.2) is 39.6 Å². The van der Waals surface area contributed by atoms with Crippen molar-refractivity contribution in [2.24, 2.45) is 10.1 Å². The summed E-state index contributed by atoms with van der Waals surface area (Å²) in [6, 6.07) is 9.03. The maximum atomic E-state index is 13.5. The fourth-order valence-electron chi connectivity index (χ4n) is 6.43. The Morgan fingerprint density at radius 2 is 1.67 bits per heavy atom. The summed E-state index contributed by atoms with van der Waals surface area (Å²) in [4.78, 5) is 40.8. The van der Waals surface area contributed by atoms with Gasteiger partial charge in [-0.2, -0.15) is 8.42 Å². The van der Waals surface area contributed by atoms with Crippen molar-refractivity contribution in [2.45, 2.75) is 142 Å². The molecule has 2 amide bonds. The van der Waals surface area contributed by atoms with E-state index in [0.717, 1.165) is 22.4 Å². The van der Waals surface area contributed by atoms with E-state index in [4.69, 9.17) is 15.2 Å². The number of sulfonamides is 1. The van der Waals surface area contributed by atoms with E-state index < -0.39 is 33.4 Å². The molecule has 0 aliphatic carbocycles. The number of benzene rings is 2. The average molecular weight is 727 g/mol. The van der Waals surface area contributed by atoms with Crippen molar-refractivity contribution in [3.63, 3.8) is 0 Å². The molecule has 0 saturated carbocycles. The Morgan fingerprint density at radius 1 is 1.00 bits per heavy atom. The van der Waals surface area contributed by atoms with Crippen molar-refractivity contribution in [3.8, 4) is 5.75 Å². The van der Waals surface area contributed by atoms with E-state index >= 15 is 0 Å². The number of ether oxygens (including phenoxy) is 2. The second-order valence-electron chi connectivity index (χ2n) is 15.1. The van der Waals surface area contributed by atoms with Crippen LogP contribution in [-0.2, 0) is 37.2 Å². The number of amidine groups is 1. The summed E-state index contributed by atoms with van der Waals surface area (Å²) in [7, 11) is -4.09. The Bertz CT molecular complexity index is 1700. The first kappa shape index (κ1) is 41.5. The fourth-order valence-corrected chi connectivity index (χ4v) is 7.97. The van der Waals surface area contributed by atoms with Crippen molar-refractivity contribution in [3.05, 3.63) is 58.1 Å². The zero-order valence-corrected chi connectivity index (χ0v) is 32.8. The van der Waals surface area contributed by atoms with E-state index in [2.05, 4.69) is 9.71 Å². The third-order valence-corrected chi connectivity index (χ3v) is 10.7. The molecule has 0 unspecified atom stereocenters. The number of amides is 2. The molecule has 3 N–H and O–H groups in total. The number of nitrogens with one attached hydrogen (secondary N) is 1. The van der Waals surface area contributed by atoms with Crippen molar-refractivity contribution >= 4 is 33.6 Å². The molecule has 1 heterocycles. The maximum absolute atomic E-state index is 13.5. The van der Waals surface area contributed by atoms with Gasteiger partial charge in [-0.25, -0.2) is 4.79 Å². The number of carbonyl (C=O) groups excluding carboxylic acids is 3. The predicted octanol–water partition coefficient (Wildman–Crippen LogP) is 6.66. The third-order valence-electron chi connectivity index (χ3n) is 9.10. The number of unbranched alkanes of at least 4 members (excludes halogenated alkanes) is 1. The summed E-state index contributed by atoms with van der Waals surface area (Å²) in [5.41, 5.74) is 8.96. The Balaban J connectivity index is 1.60. The van der Waals surface area contributed by atoms with Gasteiger partial charge in [-0.1, -0.05) is 36.8 Å². The molecule has 3 rings (SSSR count). The largest absolute Gasteiger partial charge is 0.487 e. The van der Waals surface area contributed by atoms with Crippen molar-refractivity contribution in [2.75, 3.05) is 13.1 Å². The second-order valence-corrected chi connectivity index (χ2v) is 16.6. The average Bonchev–Trinajstić information content (AvgIpc) is 3.37. The Hall–Kier alpha value is -3.93. The number of nitrogens with two attached hydrogens (primary N) is 1. The highest BCUT2D eigenvalue weighted by molar-refractivity contribution is 7.90. The standard InChI is InChI=1S/C39H58N4O7S/c1-10-43(34(45)23-22-29-17-12-11-13-18-29)24-16-20-32(44)31(41-37(46)50-38(5,6)7)19-14-15-21-33(40)42-51(47,48)36-27(3)26(2)35-30(28(36)4)25-39(8,9)49-35/h11-13,17-18,31H,10,14-16,19-25H2,1-9H3,(H2,40,42)(H,41,46)/t31-/m0/s1. The summed E-state index contributed by atoms with van der Waals surface area (Å²) in [5.74, 6) is 0.587. The summed E-state index contributed by atoms with van der Waals surface area (Å²) in [5, 5.41) is 2.72. The maximum Gasteiger partial charge on any atom is 0.408 e. The molecule has 0 spiro atoms. The van der Waals surface area contributed by atoms with Gasteiger partial charge in [0.05, 0.1) is 10.9 Å². The summed E-state index contributed by atoms with van der Waals surface area (Å²) in [6.07, 6.45) is 3.01. The number of ketones is 1. The number of carbonyl (C=O) groups is 3. The van der Waals surface area contributed by atoms with Gasteiger partial charge in [-0.15, -0.1) is 4.40 Å². The number of Topliss-reactive ketones (excluding diaryl/α,β-unsaturated/α-hetero) is 1. The van der Waals surface area contributed by atoms with E-state index in [0.29, 0.717) is 69.2 Å². The number of aryl methyl sites for hydroxylation is 1. The van der Waals surface area contributed by atoms with Gasteiger partial charge in [0.25, 0.3) is 10.0 Å². The van der Waals surface area contributed by atoms with E-state index in [-0.39, 0.29) is 35.3 Å². The Labute approximate surface area is 304 Å². The lowest BCUT2D eigenvalue weighted by Crippen LogP contribution is -2.43. The van der Waals surface area contributed by atoms with E-state index in [9.17, 15) is 22.8 Å². The molecule has 12 heteroatoms. The van der Waals surface area contributed by atoms with Gasteiger partial charge < -0.3 is 25.4 Å². The van der Waals surface area contributed by atoms with Crippen LogP contribution in [0.2, 0.25) is 0 Å². The molecule has 282 valence electrons. The molecule has 0 bridgehead atoms. The molecular weight excluding hydrogens is 669 g/mol. The van der Waals surface area contributed by atoms with Gasteiger partial charge >= 0.3 is 6.09 Å². The minimum Gasteiger partial charge on any atom is -0.487 e. The number of hydrogen-bond donors (Lipinski definition) is 2. The molecule has 2 aromatic rings. The van der Waals surface area contributed by atoms with E-state index in [1.165, 1.54) is 0 Å². The SMILES string of the molecule is CCN(CCCC(=O)[C@H](CCCC/C(N)=N/S(=O)(=O)c1c(C)c(C)c2c(c1C)CC(C)(C)O2)NC(=O)OC(C)(C)C)C(=O)CCc1ccccc1. The molecule has 1 atom stereocenters. The molecule has 1 aliphatic heterocycles. The highest BCUT2D eigenvalue weighted by Gasteiger charge is 2.36. The number of alkyl carbamates (subject to hydrolysis) is 1. The van der Waals surface area contributed by atoms with Crippen LogP contribution in [0, 0.1) is 20.8 Å². The predicted molar refractivity (Wildman–Crippen MR) is 201 cm³/mol. The summed E-state index contributed by atoms with van der Waals surface area (Å²) >= 11 is 0. The van der Waals surface area contributed by atoms with Crippen LogP contribution in [0.1, 0.15) is 114 Å². The molecule has 0 aromatic heterocycles. The molecule has 0 fully saturated rings. The third kappa shape index (κ3) is 12.1. The minimum absolute atomic E-state index is 0.0249. The van der Waals surface area contributed by atoms with Crippen LogP contribution >= 0.6 is 0 Å². The molecule has 1 aliphatic rings. The first-order valence-corrected chi connectivity index (χ1v) is 19.4. The Kier molecular flexibility index (Phi) is 14.3. The van der Waals surface area contributed by atoms with E-state index in [1.807, 2.05) is 58.0 Å². The first-order valence-electron chi connectivity index (χ1n) is 18.0. The lowest BCUT2D eigenvalue weighted by Gasteiger charge is -2.24. The van der Waals surface area contributed by atoms with Crippen LogP contribution < -0.4 is 15.8 Å². The van der Waals surface area contributed by atoms with Crippen LogP contribution in [0.25, 0.3) is 0 Å². The lowest BCUT2D eigenvalue weighted by atomic mass is 9.94. The van der Waals surface area contributed by atoms with Crippen molar-refractivity contribution < 1.29 is 32.3 Å². The number of fused-ring (bicyclic) bond motifs is 1. The molecule has 11 nitrogen and oxygen atoms in total. The van der Waals surface area contributed by atoms with Gasteiger partial charge in [-0.05, 0) is 110 Å². The number of hydrogen-bond acceptors (Lipinski definition) is 7. The van der Waals surface area contributed by atoms with Crippen LogP contribution in [0.5, 0.6) is 5.75 Å². The first-order chi connectivity index (χ1) is 23.7. The van der Waals surface area contributed by atoms with Crippen molar-refractivity contribution in [1.29, 1.82) is 0 Å². The van der Waals surface area contributed by atoms with Gasteiger partial charge in [0.15, 0.2) is 5.78 Å². The molecule has 2 aromatic carbocycles. The van der Waals surface area contributed by atoms with Crippen LogP contribution in [0.4, 0.5) is 4.79 Å². The Morgan fingerprint density at radius 3 is 2.29 bits per heavy atom. The van der Waals surface area contributed by atoms with E-state index in [1.54, 1.807) is 39.5 Å². The summed E-state index contributed by atoms with van der Waals surface area (Å²) < 4.78 is 42.6. The van der Waals surface area contributed by atoms with Crippen molar-refractivity contribution in [1.82, 2.24) is 10.2 Å². The number of rotatable bonds is 17.